The lowest BCUT2D eigenvalue weighted by Gasteiger charge is -2.29. The number of rotatable bonds is 8. The largest absolute Gasteiger partial charge is 0.480 e. The van der Waals surface area contributed by atoms with Crippen LogP contribution in [-0.4, -0.2) is 47.9 Å². The molecule has 0 heterocycles. The summed E-state index contributed by atoms with van der Waals surface area (Å²) < 4.78 is 11.4. The molecule has 6 heteroatoms. The van der Waals surface area contributed by atoms with Crippen LogP contribution in [0, 0.1) is 0 Å². The number of likely N-dealkylation sites (N-methyl/N-ethyl adjacent to an activating group) is 1. The van der Waals surface area contributed by atoms with E-state index in [-0.39, 0.29) is 19.1 Å². The van der Waals surface area contributed by atoms with E-state index >= 15 is 0 Å². The van der Waals surface area contributed by atoms with Gasteiger partial charge in [0.2, 0.25) is 0 Å². The van der Waals surface area contributed by atoms with Crippen molar-refractivity contribution in [2.45, 2.75) is 31.6 Å². The number of benzene rings is 3. The molecule has 0 aromatic heterocycles. The first-order valence-electron chi connectivity index (χ1n) is 10.9. The van der Waals surface area contributed by atoms with Gasteiger partial charge in [0.15, 0.2) is 6.04 Å². The minimum Gasteiger partial charge on any atom is -0.480 e. The number of carboxylic acid groups (broad SMARTS) is 1. The first-order chi connectivity index (χ1) is 16.0. The van der Waals surface area contributed by atoms with Crippen LogP contribution < -0.4 is 0 Å². The smallest absolute Gasteiger partial charge is 0.410 e. The lowest BCUT2D eigenvalue weighted by Crippen LogP contribution is -2.49. The van der Waals surface area contributed by atoms with Crippen molar-refractivity contribution in [1.82, 2.24) is 4.90 Å². The van der Waals surface area contributed by atoms with Crippen LogP contribution in [0.5, 0.6) is 0 Å². The van der Waals surface area contributed by atoms with Crippen LogP contribution in [0.2, 0.25) is 0 Å². The van der Waals surface area contributed by atoms with E-state index in [9.17, 15) is 14.7 Å². The van der Waals surface area contributed by atoms with E-state index in [1.54, 1.807) is 6.92 Å². The Morgan fingerprint density at radius 1 is 0.909 bits per heavy atom. The van der Waals surface area contributed by atoms with Crippen molar-refractivity contribution < 1.29 is 24.2 Å². The van der Waals surface area contributed by atoms with Crippen molar-refractivity contribution >= 4 is 12.1 Å². The van der Waals surface area contributed by atoms with Crippen molar-refractivity contribution in [3.63, 3.8) is 0 Å². The molecule has 2 atom stereocenters. The fraction of sp³-hybridized carbons (Fsp3) is 0.259. The zero-order valence-electron chi connectivity index (χ0n) is 18.7. The van der Waals surface area contributed by atoms with Gasteiger partial charge in [-0.1, -0.05) is 78.9 Å². The quantitative estimate of drug-likeness (QED) is 0.532. The first-order valence-corrected chi connectivity index (χ1v) is 10.9. The van der Waals surface area contributed by atoms with Gasteiger partial charge in [-0.25, -0.2) is 9.59 Å². The summed E-state index contributed by atoms with van der Waals surface area (Å²) in [6.07, 6.45) is -1.42. The third-order valence-electron chi connectivity index (χ3n) is 6.09. The molecule has 170 valence electrons. The van der Waals surface area contributed by atoms with Crippen LogP contribution in [0.25, 0.3) is 11.1 Å². The van der Waals surface area contributed by atoms with Crippen molar-refractivity contribution in [2.24, 2.45) is 0 Å². The Morgan fingerprint density at radius 2 is 1.45 bits per heavy atom. The number of carbonyl (C=O) groups excluding carboxylic acids is 1. The van der Waals surface area contributed by atoms with Crippen molar-refractivity contribution in [2.75, 3.05) is 13.7 Å². The zero-order chi connectivity index (χ0) is 23.4. The second-order valence-electron chi connectivity index (χ2n) is 8.20. The standard InChI is InChI=1S/C27H27NO5/c1-18(32-16-19-10-4-3-5-11-19)25(26(29)30)28(2)27(31)33-17-24-22-14-8-6-12-20(22)21-13-7-9-15-23(21)24/h3-15,18,24-25H,16-17H2,1-2H3,(H,29,30)/t18-,25+/m1/s1. The number of hydrogen-bond acceptors (Lipinski definition) is 4. The first kappa shape index (κ1) is 22.6. The highest BCUT2D eigenvalue weighted by atomic mass is 16.6. The molecular weight excluding hydrogens is 418 g/mol. The molecule has 0 fully saturated rings. The predicted octanol–water partition coefficient (Wildman–Crippen LogP) is 4.93. The maximum absolute atomic E-state index is 12.8. The highest BCUT2D eigenvalue weighted by molar-refractivity contribution is 5.81. The maximum Gasteiger partial charge on any atom is 0.410 e. The Kier molecular flexibility index (Phi) is 6.75. The Morgan fingerprint density at radius 3 is 2.03 bits per heavy atom. The average Bonchev–Trinajstić information content (AvgIpc) is 3.15. The molecule has 1 amide bonds. The summed E-state index contributed by atoms with van der Waals surface area (Å²) in [5.41, 5.74) is 5.40. The van der Waals surface area contributed by atoms with Gasteiger partial charge in [0, 0.05) is 13.0 Å². The molecule has 0 radical (unpaired) electrons. The third kappa shape index (κ3) is 4.76. The molecule has 0 saturated carbocycles. The van der Waals surface area contributed by atoms with E-state index in [2.05, 4.69) is 12.1 Å². The van der Waals surface area contributed by atoms with E-state index in [1.165, 1.54) is 7.05 Å². The monoisotopic (exact) mass is 445 g/mol. The summed E-state index contributed by atoms with van der Waals surface area (Å²) in [7, 11) is 1.43. The summed E-state index contributed by atoms with van der Waals surface area (Å²) >= 11 is 0. The number of hydrogen-bond donors (Lipinski definition) is 1. The lowest BCUT2D eigenvalue weighted by atomic mass is 9.98. The van der Waals surface area contributed by atoms with Crippen LogP contribution in [0.4, 0.5) is 4.79 Å². The van der Waals surface area contributed by atoms with E-state index in [1.807, 2.05) is 66.7 Å². The number of ether oxygens (including phenoxy) is 2. The molecule has 3 aromatic rings. The average molecular weight is 446 g/mol. The molecule has 1 aliphatic rings. The van der Waals surface area contributed by atoms with Crippen LogP contribution in [0.3, 0.4) is 0 Å². The van der Waals surface area contributed by atoms with Gasteiger partial charge in [-0.15, -0.1) is 0 Å². The minimum atomic E-state index is -1.18. The Balaban J connectivity index is 1.42. The molecule has 0 bridgehead atoms. The van der Waals surface area contributed by atoms with Gasteiger partial charge in [-0.2, -0.15) is 0 Å². The number of fused-ring (bicyclic) bond motifs is 3. The highest BCUT2D eigenvalue weighted by Gasteiger charge is 2.35. The van der Waals surface area contributed by atoms with Gasteiger partial charge in [-0.05, 0) is 34.7 Å². The number of carboxylic acids is 1. The second kappa shape index (κ2) is 9.88. The van der Waals surface area contributed by atoms with Crippen molar-refractivity contribution in [3.8, 4) is 11.1 Å². The topological polar surface area (TPSA) is 76.1 Å². The number of aliphatic carboxylic acids is 1. The Labute approximate surface area is 193 Å². The summed E-state index contributed by atoms with van der Waals surface area (Å²) in [5.74, 6) is -1.24. The van der Waals surface area contributed by atoms with Gasteiger partial charge in [0.05, 0.1) is 12.7 Å². The Bertz CT molecular complexity index is 1080. The van der Waals surface area contributed by atoms with Gasteiger partial charge in [0.1, 0.15) is 6.61 Å². The molecule has 0 saturated heterocycles. The molecule has 33 heavy (non-hydrogen) atoms. The molecule has 6 nitrogen and oxygen atoms in total. The molecule has 0 spiro atoms. The van der Waals surface area contributed by atoms with Gasteiger partial charge in [0.25, 0.3) is 0 Å². The molecule has 0 aliphatic heterocycles. The molecule has 1 aliphatic carbocycles. The number of nitrogens with zero attached hydrogens (tertiary/aromatic N) is 1. The molecular formula is C27H27NO5. The van der Waals surface area contributed by atoms with Gasteiger partial charge in [-0.3, -0.25) is 4.90 Å². The molecule has 0 unspecified atom stereocenters. The predicted molar refractivity (Wildman–Crippen MR) is 125 cm³/mol. The summed E-state index contributed by atoms with van der Waals surface area (Å²) in [6.45, 7) is 2.03. The van der Waals surface area contributed by atoms with Crippen LogP contribution >= 0.6 is 0 Å². The molecule has 1 N–H and O–H groups in total. The highest BCUT2D eigenvalue weighted by Crippen LogP contribution is 2.44. The minimum absolute atomic E-state index is 0.0928. The summed E-state index contributed by atoms with van der Waals surface area (Å²) in [6, 6.07) is 24.4. The summed E-state index contributed by atoms with van der Waals surface area (Å²) in [5, 5.41) is 9.77. The van der Waals surface area contributed by atoms with E-state index < -0.39 is 24.2 Å². The van der Waals surface area contributed by atoms with E-state index in [0.29, 0.717) is 0 Å². The normalized spacial score (nSPS) is 14.1. The lowest BCUT2D eigenvalue weighted by molar-refractivity contribution is -0.148. The van der Waals surface area contributed by atoms with Crippen molar-refractivity contribution in [1.29, 1.82) is 0 Å². The van der Waals surface area contributed by atoms with Crippen LogP contribution in [0.1, 0.15) is 29.5 Å². The third-order valence-corrected chi connectivity index (χ3v) is 6.09. The second-order valence-corrected chi connectivity index (χ2v) is 8.20. The Hall–Kier alpha value is -3.64. The zero-order valence-corrected chi connectivity index (χ0v) is 18.7. The van der Waals surface area contributed by atoms with E-state index in [4.69, 9.17) is 9.47 Å². The van der Waals surface area contributed by atoms with E-state index in [0.717, 1.165) is 32.7 Å². The molecule has 3 aromatic carbocycles. The van der Waals surface area contributed by atoms with Crippen LogP contribution in [-0.2, 0) is 20.9 Å². The maximum atomic E-state index is 12.8. The SMILES string of the molecule is C[C@@H](OCc1ccccc1)[C@@H](C(=O)O)N(C)C(=O)OCC1c2ccccc2-c2ccccc21. The van der Waals surface area contributed by atoms with Gasteiger partial charge < -0.3 is 14.6 Å². The number of amides is 1. The van der Waals surface area contributed by atoms with Gasteiger partial charge >= 0.3 is 12.1 Å². The van der Waals surface area contributed by atoms with Crippen LogP contribution in [0.15, 0.2) is 78.9 Å². The summed E-state index contributed by atoms with van der Waals surface area (Å²) in [4.78, 5) is 25.9. The molecule has 4 rings (SSSR count). The van der Waals surface area contributed by atoms with Crippen molar-refractivity contribution in [3.05, 3.63) is 95.6 Å². The number of carbonyl (C=O) groups is 2. The fourth-order valence-corrected chi connectivity index (χ4v) is 4.38. The fourth-order valence-electron chi connectivity index (χ4n) is 4.38.